The normalized spacial score (nSPS) is 16.6. The number of aromatic amines is 1. The first kappa shape index (κ1) is 15.2. The van der Waals surface area contributed by atoms with Crippen molar-refractivity contribution >= 4 is 17.4 Å². The second-order valence-corrected chi connectivity index (χ2v) is 5.12. The van der Waals surface area contributed by atoms with E-state index in [-0.39, 0.29) is 35.5 Å². The number of nitrogens with zero attached hydrogens (tertiary/aromatic N) is 2. The van der Waals surface area contributed by atoms with Gasteiger partial charge in [0, 0.05) is 19.0 Å². The van der Waals surface area contributed by atoms with Gasteiger partial charge in [-0.3, -0.25) is 24.6 Å². The molecule has 2 N–H and O–H groups in total. The molecule has 8 heteroatoms. The van der Waals surface area contributed by atoms with E-state index in [1.165, 1.54) is 12.3 Å². The molecule has 0 bridgehead atoms. The van der Waals surface area contributed by atoms with Crippen LogP contribution in [0.15, 0.2) is 12.3 Å². The molecule has 1 aromatic heterocycles. The number of amides is 1. The Bertz CT molecular complexity index is 546. The van der Waals surface area contributed by atoms with Crippen LogP contribution in [0.4, 0.5) is 5.69 Å². The number of carbonyl (C=O) groups is 2. The van der Waals surface area contributed by atoms with Gasteiger partial charge in [-0.15, -0.1) is 0 Å². The molecular formula is C13H18N4O4. The molecule has 0 aliphatic carbocycles. The summed E-state index contributed by atoms with van der Waals surface area (Å²) in [6.45, 7) is 1.55. The summed E-state index contributed by atoms with van der Waals surface area (Å²) in [4.78, 5) is 38.2. The fourth-order valence-electron chi connectivity index (χ4n) is 2.49. The van der Waals surface area contributed by atoms with Gasteiger partial charge in [0.25, 0.3) is 5.69 Å². The van der Waals surface area contributed by atoms with E-state index >= 15 is 0 Å². The van der Waals surface area contributed by atoms with Gasteiger partial charge in [0.2, 0.25) is 5.91 Å². The summed E-state index contributed by atoms with van der Waals surface area (Å²) in [5.74, 6) is -0.129. The number of H-pyrrole nitrogens is 1. The Labute approximate surface area is 121 Å². The van der Waals surface area contributed by atoms with Gasteiger partial charge in [-0.25, -0.2) is 0 Å². The van der Waals surface area contributed by atoms with E-state index in [1.807, 2.05) is 4.90 Å². The van der Waals surface area contributed by atoms with Crippen molar-refractivity contribution in [1.29, 1.82) is 0 Å². The van der Waals surface area contributed by atoms with Gasteiger partial charge < -0.3 is 10.3 Å². The number of aromatic nitrogens is 1. The molecule has 0 atom stereocenters. The van der Waals surface area contributed by atoms with Gasteiger partial charge in [-0.05, 0) is 25.9 Å². The Morgan fingerprint density at radius 3 is 2.67 bits per heavy atom. The van der Waals surface area contributed by atoms with Crippen LogP contribution in [0.1, 0.15) is 23.3 Å². The largest absolute Gasteiger partial charge is 0.359 e. The monoisotopic (exact) mass is 294 g/mol. The maximum Gasteiger partial charge on any atom is 0.287 e. The SMILES string of the molecule is CNC(=O)C1CCN(CC(=O)c2cc([N+](=O)[O-])c[nH]2)CC1. The molecule has 1 aliphatic rings. The second kappa shape index (κ2) is 6.49. The van der Waals surface area contributed by atoms with Crippen LogP contribution in [0.3, 0.4) is 0 Å². The van der Waals surface area contributed by atoms with Crippen molar-refractivity contribution in [3.63, 3.8) is 0 Å². The third kappa shape index (κ3) is 3.66. The lowest BCUT2D eigenvalue weighted by molar-refractivity contribution is -0.384. The first-order chi connectivity index (χ1) is 10.0. The molecule has 0 aromatic carbocycles. The van der Waals surface area contributed by atoms with Crippen LogP contribution in [-0.4, -0.2) is 53.2 Å². The molecular weight excluding hydrogens is 276 g/mol. The zero-order valence-electron chi connectivity index (χ0n) is 11.8. The molecule has 0 spiro atoms. The van der Waals surface area contributed by atoms with E-state index < -0.39 is 4.92 Å². The minimum absolute atomic E-state index is 0.00734. The van der Waals surface area contributed by atoms with E-state index in [1.54, 1.807) is 7.05 Å². The molecule has 2 heterocycles. The van der Waals surface area contributed by atoms with Crippen molar-refractivity contribution in [2.45, 2.75) is 12.8 Å². The number of hydrogen-bond donors (Lipinski definition) is 2. The Morgan fingerprint density at radius 1 is 1.48 bits per heavy atom. The van der Waals surface area contributed by atoms with E-state index in [4.69, 9.17) is 0 Å². The summed E-state index contributed by atoms with van der Waals surface area (Å²) in [6, 6.07) is 1.25. The molecule has 8 nitrogen and oxygen atoms in total. The smallest absolute Gasteiger partial charge is 0.287 e. The first-order valence-electron chi connectivity index (χ1n) is 6.81. The Balaban J connectivity index is 1.86. The first-order valence-corrected chi connectivity index (χ1v) is 6.81. The van der Waals surface area contributed by atoms with Gasteiger partial charge in [0.15, 0.2) is 5.78 Å². The number of nitrogens with one attached hydrogen (secondary N) is 2. The number of nitro groups is 1. The lowest BCUT2D eigenvalue weighted by Gasteiger charge is -2.30. The minimum Gasteiger partial charge on any atom is -0.359 e. The van der Waals surface area contributed by atoms with Crippen LogP contribution in [0.25, 0.3) is 0 Å². The average Bonchev–Trinajstić information content (AvgIpc) is 2.97. The van der Waals surface area contributed by atoms with Crippen LogP contribution in [0.2, 0.25) is 0 Å². The molecule has 1 saturated heterocycles. The Kier molecular flexibility index (Phi) is 4.69. The third-order valence-electron chi connectivity index (χ3n) is 3.75. The van der Waals surface area contributed by atoms with E-state index in [2.05, 4.69) is 10.3 Å². The van der Waals surface area contributed by atoms with Crippen LogP contribution < -0.4 is 5.32 Å². The molecule has 1 fully saturated rings. The van der Waals surface area contributed by atoms with Crippen LogP contribution in [0.5, 0.6) is 0 Å². The van der Waals surface area contributed by atoms with Gasteiger partial charge in [0.05, 0.1) is 23.4 Å². The summed E-state index contributed by atoms with van der Waals surface area (Å²) >= 11 is 0. The van der Waals surface area contributed by atoms with Crippen molar-refractivity contribution in [3.8, 4) is 0 Å². The van der Waals surface area contributed by atoms with Crippen LogP contribution >= 0.6 is 0 Å². The summed E-state index contributed by atoms with van der Waals surface area (Å²) in [6.07, 6.45) is 2.65. The minimum atomic E-state index is -0.540. The second-order valence-electron chi connectivity index (χ2n) is 5.12. The number of Topliss-reactive ketones (excluding diaryl/α,β-unsaturated/α-hetero) is 1. The van der Waals surface area contributed by atoms with Gasteiger partial charge in [0.1, 0.15) is 0 Å². The fourth-order valence-corrected chi connectivity index (χ4v) is 2.49. The molecule has 114 valence electrons. The Hall–Kier alpha value is -2.22. The fraction of sp³-hybridized carbons (Fsp3) is 0.538. The van der Waals surface area contributed by atoms with E-state index in [0.717, 1.165) is 12.8 Å². The zero-order valence-corrected chi connectivity index (χ0v) is 11.8. The number of piperidine rings is 1. The summed E-state index contributed by atoms with van der Waals surface area (Å²) in [7, 11) is 1.62. The maximum atomic E-state index is 12.0. The molecule has 0 radical (unpaired) electrons. The van der Waals surface area contributed by atoms with Crippen LogP contribution in [-0.2, 0) is 4.79 Å². The van der Waals surface area contributed by atoms with Gasteiger partial charge in [-0.2, -0.15) is 0 Å². The summed E-state index contributed by atoms with van der Waals surface area (Å²) in [5.41, 5.74) is 0.131. The quantitative estimate of drug-likeness (QED) is 0.468. The molecule has 2 rings (SSSR count). The van der Waals surface area contributed by atoms with Crippen LogP contribution in [0, 0.1) is 16.0 Å². The van der Waals surface area contributed by atoms with Crippen molar-refractivity contribution in [2.75, 3.05) is 26.7 Å². The topological polar surface area (TPSA) is 108 Å². The highest BCUT2D eigenvalue weighted by molar-refractivity contribution is 5.96. The van der Waals surface area contributed by atoms with Crippen molar-refractivity contribution in [2.24, 2.45) is 5.92 Å². The lowest BCUT2D eigenvalue weighted by Crippen LogP contribution is -2.41. The number of ketones is 1. The molecule has 21 heavy (non-hydrogen) atoms. The molecule has 0 unspecified atom stereocenters. The standard InChI is InChI=1S/C13H18N4O4/c1-14-13(19)9-2-4-16(5-3-9)8-12(18)11-6-10(7-15-11)17(20)21/h6-7,9,15H,2-5,8H2,1H3,(H,14,19). The van der Waals surface area contributed by atoms with Crippen molar-refractivity contribution < 1.29 is 14.5 Å². The lowest BCUT2D eigenvalue weighted by atomic mass is 9.96. The third-order valence-corrected chi connectivity index (χ3v) is 3.75. The van der Waals surface area contributed by atoms with Gasteiger partial charge >= 0.3 is 0 Å². The average molecular weight is 294 g/mol. The van der Waals surface area contributed by atoms with Crippen molar-refractivity contribution in [3.05, 3.63) is 28.1 Å². The summed E-state index contributed by atoms with van der Waals surface area (Å²) in [5, 5.41) is 13.2. The Morgan fingerprint density at radius 2 is 2.14 bits per heavy atom. The summed E-state index contributed by atoms with van der Waals surface area (Å²) < 4.78 is 0. The van der Waals surface area contributed by atoms with Gasteiger partial charge in [-0.1, -0.05) is 0 Å². The van der Waals surface area contributed by atoms with Crippen molar-refractivity contribution in [1.82, 2.24) is 15.2 Å². The predicted molar refractivity (Wildman–Crippen MR) is 75.0 cm³/mol. The zero-order chi connectivity index (χ0) is 15.4. The highest BCUT2D eigenvalue weighted by atomic mass is 16.6. The predicted octanol–water partition coefficient (Wildman–Crippen LogP) is 0.564. The number of rotatable bonds is 5. The number of hydrogen-bond acceptors (Lipinski definition) is 5. The van der Waals surface area contributed by atoms with E-state index in [9.17, 15) is 19.7 Å². The highest BCUT2D eigenvalue weighted by Gasteiger charge is 2.26. The number of likely N-dealkylation sites (tertiary alicyclic amines) is 1. The molecule has 1 amide bonds. The molecule has 0 saturated carbocycles. The number of carbonyl (C=O) groups excluding carboxylic acids is 2. The highest BCUT2D eigenvalue weighted by Crippen LogP contribution is 2.18. The maximum absolute atomic E-state index is 12.0. The van der Waals surface area contributed by atoms with E-state index in [0.29, 0.717) is 13.1 Å². The molecule has 1 aliphatic heterocycles. The molecule has 1 aromatic rings.